The molecular formula is C15H18Cl2N2O2. The van der Waals surface area contributed by atoms with Gasteiger partial charge in [0.25, 0.3) is 0 Å². The summed E-state index contributed by atoms with van der Waals surface area (Å²) >= 11 is 11.7. The molecule has 21 heavy (non-hydrogen) atoms. The number of carbonyl (C=O) groups is 2. The fourth-order valence-corrected chi connectivity index (χ4v) is 2.66. The Morgan fingerprint density at radius 2 is 1.81 bits per heavy atom. The molecule has 0 aliphatic carbocycles. The second-order valence-electron chi connectivity index (χ2n) is 5.31. The van der Waals surface area contributed by atoms with E-state index < -0.39 is 0 Å². The Hall–Kier alpha value is -1.10. The second kappa shape index (κ2) is 7.25. The zero-order chi connectivity index (χ0) is 15.4. The molecule has 4 nitrogen and oxygen atoms in total. The summed E-state index contributed by atoms with van der Waals surface area (Å²) in [6.45, 7) is 2.09. The van der Waals surface area contributed by atoms with Gasteiger partial charge in [-0.15, -0.1) is 0 Å². The minimum atomic E-state index is -0.0784. The van der Waals surface area contributed by atoms with Gasteiger partial charge in [-0.3, -0.25) is 14.5 Å². The summed E-state index contributed by atoms with van der Waals surface area (Å²) < 4.78 is 0. The van der Waals surface area contributed by atoms with E-state index in [1.54, 1.807) is 30.1 Å². The van der Waals surface area contributed by atoms with Gasteiger partial charge in [0.2, 0.25) is 5.91 Å². The van der Waals surface area contributed by atoms with Crippen molar-refractivity contribution in [1.29, 1.82) is 0 Å². The fourth-order valence-electron chi connectivity index (χ4n) is 2.36. The molecule has 0 radical (unpaired) electrons. The van der Waals surface area contributed by atoms with Gasteiger partial charge in [0.15, 0.2) is 5.78 Å². The lowest BCUT2D eigenvalue weighted by Gasteiger charge is -2.20. The second-order valence-corrected chi connectivity index (χ2v) is 6.13. The van der Waals surface area contributed by atoms with Crippen molar-refractivity contribution in [2.75, 3.05) is 33.2 Å². The molecule has 0 bridgehead atoms. The van der Waals surface area contributed by atoms with Crippen LogP contribution in [-0.2, 0) is 4.79 Å². The predicted octanol–water partition coefficient (Wildman–Crippen LogP) is 2.73. The Kier molecular flexibility index (Phi) is 5.62. The van der Waals surface area contributed by atoms with Crippen LogP contribution in [0.2, 0.25) is 10.0 Å². The first-order valence-electron chi connectivity index (χ1n) is 6.92. The predicted molar refractivity (Wildman–Crippen MR) is 84.1 cm³/mol. The van der Waals surface area contributed by atoms with Crippen molar-refractivity contribution >= 4 is 34.9 Å². The van der Waals surface area contributed by atoms with Crippen LogP contribution in [0.1, 0.15) is 23.2 Å². The van der Waals surface area contributed by atoms with E-state index in [1.165, 1.54) is 0 Å². The van der Waals surface area contributed by atoms with Gasteiger partial charge >= 0.3 is 0 Å². The van der Waals surface area contributed by atoms with E-state index in [9.17, 15) is 9.59 Å². The molecule has 0 spiro atoms. The SMILES string of the molecule is CN(CC(=O)c1ccc(Cl)c(Cl)c1)CC(=O)N1CCCC1. The molecule has 1 fully saturated rings. The van der Waals surface area contributed by atoms with Crippen LogP contribution < -0.4 is 0 Å². The van der Waals surface area contributed by atoms with Gasteiger partial charge in [-0.05, 0) is 38.1 Å². The number of hydrogen-bond donors (Lipinski definition) is 0. The summed E-state index contributed by atoms with van der Waals surface area (Å²) in [5, 5.41) is 0.782. The summed E-state index contributed by atoms with van der Waals surface area (Å²) in [5.41, 5.74) is 0.505. The molecule has 1 aliphatic rings. The maximum absolute atomic E-state index is 12.2. The Morgan fingerprint density at radius 3 is 2.43 bits per heavy atom. The number of benzene rings is 1. The summed E-state index contributed by atoms with van der Waals surface area (Å²) in [4.78, 5) is 27.7. The van der Waals surface area contributed by atoms with E-state index in [4.69, 9.17) is 23.2 Å². The summed E-state index contributed by atoms with van der Waals surface area (Å²) in [5.74, 6) is 0.00206. The van der Waals surface area contributed by atoms with E-state index in [2.05, 4.69) is 0 Å². The molecule has 1 aliphatic heterocycles. The molecule has 6 heteroatoms. The van der Waals surface area contributed by atoms with Crippen molar-refractivity contribution in [2.45, 2.75) is 12.8 Å². The highest BCUT2D eigenvalue weighted by Gasteiger charge is 2.20. The van der Waals surface area contributed by atoms with Gasteiger partial charge in [0.05, 0.1) is 23.1 Å². The van der Waals surface area contributed by atoms with Crippen LogP contribution in [0, 0.1) is 0 Å². The van der Waals surface area contributed by atoms with E-state index in [0.29, 0.717) is 15.6 Å². The van der Waals surface area contributed by atoms with Crippen molar-refractivity contribution in [3.63, 3.8) is 0 Å². The lowest BCUT2D eigenvalue weighted by molar-refractivity contribution is -0.130. The number of hydrogen-bond acceptors (Lipinski definition) is 3. The van der Waals surface area contributed by atoms with E-state index in [-0.39, 0.29) is 24.8 Å². The highest BCUT2D eigenvalue weighted by molar-refractivity contribution is 6.42. The van der Waals surface area contributed by atoms with Crippen LogP contribution in [-0.4, -0.2) is 54.7 Å². The largest absolute Gasteiger partial charge is 0.342 e. The number of amides is 1. The molecule has 0 aromatic heterocycles. The molecule has 1 amide bonds. The van der Waals surface area contributed by atoms with Crippen LogP contribution >= 0.6 is 23.2 Å². The minimum absolute atomic E-state index is 0.0784. The zero-order valence-corrected chi connectivity index (χ0v) is 13.5. The van der Waals surface area contributed by atoms with Gasteiger partial charge in [0.1, 0.15) is 0 Å². The van der Waals surface area contributed by atoms with E-state index in [0.717, 1.165) is 25.9 Å². The smallest absolute Gasteiger partial charge is 0.236 e. The fraction of sp³-hybridized carbons (Fsp3) is 0.467. The first-order chi connectivity index (χ1) is 9.97. The number of halogens is 2. The lowest BCUT2D eigenvalue weighted by atomic mass is 10.1. The molecule has 0 unspecified atom stereocenters. The minimum Gasteiger partial charge on any atom is -0.342 e. The van der Waals surface area contributed by atoms with Crippen LogP contribution in [0.25, 0.3) is 0 Å². The van der Waals surface area contributed by atoms with E-state index in [1.807, 2.05) is 4.90 Å². The third-order valence-electron chi connectivity index (χ3n) is 3.52. The van der Waals surface area contributed by atoms with Crippen molar-refractivity contribution in [3.8, 4) is 0 Å². The van der Waals surface area contributed by atoms with Gasteiger partial charge < -0.3 is 4.90 Å². The maximum atomic E-state index is 12.2. The first kappa shape index (κ1) is 16.3. The monoisotopic (exact) mass is 328 g/mol. The number of nitrogens with zero attached hydrogens (tertiary/aromatic N) is 2. The standard InChI is InChI=1S/C15H18Cl2N2O2/c1-18(10-15(21)19-6-2-3-7-19)9-14(20)11-4-5-12(16)13(17)8-11/h4-5,8H,2-3,6-7,9-10H2,1H3. The van der Waals surface area contributed by atoms with Gasteiger partial charge in [-0.1, -0.05) is 23.2 Å². The molecule has 2 rings (SSSR count). The highest BCUT2D eigenvalue weighted by atomic mass is 35.5. The molecule has 1 aromatic rings. The van der Waals surface area contributed by atoms with Gasteiger partial charge in [-0.25, -0.2) is 0 Å². The average Bonchev–Trinajstić information content (AvgIpc) is 2.95. The molecule has 114 valence electrons. The van der Waals surface area contributed by atoms with Crippen molar-refractivity contribution in [1.82, 2.24) is 9.80 Å². The van der Waals surface area contributed by atoms with Crippen LogP contribution in [0.15, 0.2) is 18.2 Å². The highest BCUT2D eigenvalue weighted by Crippen LogP contribution is 2.22. The Balaban J connectivity index is 1.89. The Bertz CT molecular complexity index is 542. The molecule has 0 N–H and O–H groups in total. The quantitative estimate of drug-likeness (QED) is 0.780. The number of carbonyl (C=O) groups excluding carboxylic acids is 2. The van der Waals surface area contributed by atoms with Crippen LogP contribution in [0.4, 0.5) is 0 Å². The molecule has 1 aromatic carbocycles. The van der Waals surface area contributed by atoms with Gasteiger partial charge in [-0.2, -0.15) is 0 Å². The Morgan fingerprint density at radius 1 is 1.14 bits per heavy atom. The van der Waals surface area contributed by atoms with Crippen molar-refractivity contribution < 1.29 is 9.59 Å². The number of Topliss-reactive ketones (excluding diaryl/α,β-unsaturated/α-hetero) is 1. The summed E-state index contributed by atoms with van der Waals surface area (Å²) in [7, 11) is 1.77. The van der Waals surface area contributed by atoms with Crippen molar-refractivity contribution in [3.05, 3.63) is 33.8 Å². The molecule has 1 saturated heterocycles. The van der Waals surface area contributed by atoms with E-state index >= 15 is 0 Å². The third-order valence-corrected chi connectivity index (χ3v) is 4.26. The molecule has 0 saturated carbocycles. The van der Waals surface area contributed by atoms with Crippen LogP contribution in [0.3, 0.4) is 0 Å². The molecule has 0 atom stereocenters. The molecular weight excluding hydrogens is 311 g/mol. The van der Waals surface area contributed by atoms with Gasteiger partial charge in [0, 0.05) is 18.7 Å². The zero-order valence-electron chi connectivity index (χ0n) is 11.9. The third kappa shape index (κ3) is 4.43. The first-order valence-corrected chi connectivity index (χ1v) is 7.67. The summed E-state index contributed by atoms with van der Waals surface area (Å²) in [6.07, 6.45) is 2.13. The Labute approximate surface area is 134 Å². The number of likely N-dealkylation sites (tertiary alicyclic amines) is 1. The number of likely N-dealkylation sites (N-methyl/N-ethyl adjacent to an activating group) is 1. The lowest BCUT2D eigenvalue weighted by Crippen LogP contribution is -2.39. The average molecular weight is 329 g/mol. The number of ketones is 1. The normalized spacial score (nSPS) is 14.8. The summed E-state index contributed by atoms with van der Waals surface area (Å²) in [6, 6.07) is 4.81. The number of rotatable bonds is 5. The molecule has 1 heterocycles. The van der Waals surface area contributed by atoms with Crippen LogP contribution in [0.5, 0.6) is 0 Å². The topological polar surface area (TPSA) is 40.6 Å². The maximum Gasteiger partial charge on any atom is 0.236 e. The van der Waals surface area contributed by atoms with Crippen molar-refractivity contribution in [2.24, 2.45) is 0 Å².